The Bertz CT molecular complexity index is 343. The van der Waals surface area contributed by atoms with Crippen molar-refractivity contribution in [2.45, 2.75) is 25.2 Å². The Morgan fingerprint density at radius 1 is 1.31 bits per heavy atom. The first kappa shape index (κ1) is 11.3. The van der Waals surface area contributed by atoms with Gasteiger partial charge in [-0.15, -0.1) is 0 Å². The summed E-state index contributed by atoms with van der Waals surface area (Å²) >= 11 is 0. The second-order valence-corrected chi connectivity index (χ2v) is 4.17. The molecule has 0 bridgehead atoms. The highest BCUT2D eigenvalue weighted by atomic mass is 16.3. The van der Waals surface area contributed by atoms with E-state index in [1.54, 1.807) is 25.3 Å². The maximum Gasteiger partial charge on any atom is 0.128 e. The first-order chi connectivity index (χ1) is 7.58. The van der Waals surface area contributed by atoms with Crippen molar-refractivity contribution in [1.82, 2.24) is 4.98 Å². The van der Waals surface area contributed by atoms with Crippen LogP contribution in [0.25, 0.3) is 0 Å². The zero-order valence-corrected chi connectivity index (χ0v) is 9.11. The van der Waals surface area contributed by atoms with Gasteiger partial charge in [0.2, 0.25) is 0 Å². The lowest BCUT2D eigenvalue weighted by molar-refractivity contribution is 0.0572. The molecule has 1 aromatic heterocycles. The SMILES string of the molecule is C[C@H](O)c1ccc(N2CC(O)C(O)C2)nc1. The van der Waals surface area contributed by atoms with Gasteiger partial charge in [0.25, 0.3) is 0 Å². The van der Waals surface area contributed by atoms with Crippen LogP contribution in [0.3, 0.4) is 0 Å². The van der Waals surface area contributed by atoms with E-state index in [0.29, 0.717) is 18.9 Å². The second kappa shape index (κ2) is 4.37. The zero-order valence-electron chi connectivity index (χ0n) is 9.11. The van der Waals surface area contributed by atoms with Crippen LogP contribution >= 0.6 is 0 Å². The summed E-state index contributed by atoms with van der Waals surface area (Å²) in [7, 11) is 0. The van der Waals surface area contributed by atoms with Gasteiger partial charge in [-0.3, -0.25) is 0 Å². The summed E-state index contributed by atoms with van der Waals surface area (Å²) in [6, 6.07) is 3.58. The number of rotatable bonds is 2. The van der Waals surface area contributed by atoms with Gasteiger partial charge in [0.1, 0.15) is 5.82 Å². The Morgan fingerprint density at radius 3 is 2.38 bits per heavy atom. The van der Waals surface area contributed by atoms with Crippen molar-refractivity contribution in [2.24, 2.45) is 0 Å². The summed E-state index contributed by atoms with van der Waals surface area (Å²) in [6.07, 6.45) is -0.343. The van der Waals surface area contributed by atoms with Crippen molar-refractivity contribution >= 4 is 5.82 Å². The normalized spacial score (nSPS) is 27.1. The summed E-state index contributed by atoms with van der Waals surface area (Å²) in [5.74, 6) is 0.708. The zero-order chi connectivity index (χ0) is 11.7. The number of pyridine rings is 1. The van der Waals surface area contributed by atoms with Crippen LogP contribution in [0.1, 0.15) is 18.6 Å². The number of hydrogen-bond acceptors (Lipinski definition) is 5. The molecular formula is C11H16N2O3. The van der Waals surface area contributed by atoms with Crippen LogP contribution in [-0.4, -0.2) is 45.6 Å². The fourth-order valence-corrected chi connectivity index (χ4v) is 1.79. The van der Waals surface area contributed by atoms with Crippen molar-refractivity contribution in [3.8, 4) is 0 Å². The van der Waals surface area contributed by atoms with E-state index in [1.165, 1.54) is 0 Å². The van der Waals surface area contributed by atoms with E-state index in [1.807, 2.05) is 4.90 Å². The number of nitrogens with zero attached hydrogens (tertiary/aromatic N) is 2. The fourth-order valence-electron chi connectivity index (χ4n) is 1.79. The molecule has 1 saturated heterocycles. The van der Waals surface area contributed by atoms with Gasteiger partial charge in [-0.25, -0.2) is 4.98 Å². The largest absolute Gasteiger partial charge is 0.389 e. The average Bonchev–Trinajstić information content (AvgIpc) is 2.59. The molecule has 0 aliphatic carbocycles. The molecule has 16 heavy (non-hydrogen) atoms. The Labute approximate surface area is 94.0 Å². The van der Waals surface area contributed by atoms with E-state index in [9.17, 15) is 15.3 Å². The van der Waals surface area contributed by atoms with Gasteiger partial charge in [-0.1, -0.05) is 6.07 Å². The monoisotopic (exact) mass is 224 g/mol. The maximum absolute atomic E-state index is 9.41. The highest BCUT2D eigenvalue weighted by Crippen LogP contribution is 2.20. The van der Waals surface area contributed by atoms with Crippen LogP contribution in [0.2, 0.25) is 0 Å². The summed E-state index contributed by atoms with van der Waals surface area (Å²) in [5, 5.41) is 28.2. The lowest BCUT2D eigenvalue weighted by Gasteiger charge is -2.16. The average molecular weight is 224 g/mol. The Kier molecular flexibility index (Phi) is 3.09. The molecule has 0 aromatic carbocycles. The van der Waals surface area contributed by atoms with E-state index in [2.05, 4.69) is 4.98 Å². The van der Waals surface area contributed by atoms with Crippen LogP contribution in [0.4, 0.5) is 5.82 Å². The number of β-amino-alcohol motifs (C(OH)–C–C–N with tert-alkyl or cyclic N) is 2. The molecule has 2 heterocycles. The molecule has 3 atom stereocenters. The molecule has 0 radical (unpaired) electrons. The first-order valence-electron chi connectivity index (χ1n) is 5.33. The third-order valence-electron chi connectivity index (χ3n) is 2.84. The molecule has 5 heteroatoms. The van der Waals surface area contributed by atoms with Crippen molar-refractivity contribution < 1.29 is 15.3 Å². The summed E-state index contributed by atoms with van der Waals surface area (Å²) in [5.41, 5.74) is 0.754. The van der Waals surface area contributed by atoms with Crippen LogP contribution < -0.4 is 4.90 Å². The molecule has 3 N–H and O–H groups in total. The third-order valence-corrected chi connectivity index (χ3v) is 2.84. The molecular weight excluding hydrogens is 208 g/mol. The molecule has 2 unspecified atom stereocenters. The lowest BCUT2D eigenvalue weighted by atomic mass is 10.2. The maximum atomic E-state index is 9.41. The molecule has 1 aliphatic rings. The summed E-state index contributed by atoms with van der Waals surface area (Å²) in [6.45, 7) is 2.46. The minimum Gasteiger partial charge on any atom is -0.389 e. The lowest BCUT2D eigenvalue weighted by Crippen LogP contribution is -2.22. The molecule has 1 aliphatic heterocycles. The van der Waals surface area contributed by atoms with Gasteiger partial charge in [0.15, 0.2) is 0 Å². The van der Waals surface area contributed by atoms with E-state index in [4.69, 9.17) is 0 Å². The van der Waals surface area contributed by atoms with Gasteiger partial charge in [0.05, 0.1) is 18.3 Å². The van der Waals surface area contributed by atoms with Crippen molar-refractivity contribution in [2.75, 3.05) is 18.0 Å². The van der Waals surface area contributed by atoms with Crippen LogP contribution in [0.5, 0.6) is 0 Å². The van der Waals surface area contributed by atoms with Gasteiger partial charge >= 0.3 is 0 Å². The molecule has 88 valence electrons. The molecule has 1 fully saturated rings. The summed E-state index contributed by atoms with van der Waals surface area (Å²) < 4.78 is 0. The van der Waals surface area contributed by atoms with Gasteiger partial charge in [-0.2, -0.15) is 0 Å². The Hall–Kier alpha value is -1.17. The number of anilines is 1. The molecule has 5 nitrogen and oxygen atoms in total. The number of aromatic nitrogens is 1. The minimum absolute atomic E-state index is 0.391. The van der Waals surface area contributed by atoms with Crippen molar-refractivity contribution in [3.05, 3.63) is 23.9 Å². The van der Waals surface area contributed by atoms with Gasteiger partial charge in [-0.05, 0) is 18.6 Å². The van der Waals surface area contributed by atoms with E-state index < -0.39 is 18.3 Å². The predicted octanol–water partition coefficient (Wildman–Crippen LogP) is -0.323. The van der Waals surface area contributed by atoms with Gasteiger partial charge in [0, 0.05) is 19.3 Å². The quantitative estimate of drug-likeness (QED) is 0.641. The second-order valence-electron chi connectivity index (χ2n) is 4.17. The van der Waals surface area contributed by atoms with E-state index in [0.717, 1.165) is 5.56 Å². The fraction of sp³-hybridized carbons (Fsp3) is 0.545. The number of aliphatic hydroxyl groups excluding tert-OH is 3. The molecule has 0 spiro atoms. The standard InChI is InChI=1S/C11H16N2O3/c1-7(14)8-2-3-11(12-4-8)13-5-9(15)10(16)6-13/h2-4,7,9-10,14-16H,5-6H2,1H3/t7-,9?,10?/m0/s1. The first-order valence-corrected chi connectivity index (χ1v) is 5.33. The predicted molar refractivity (Wildman–Crippen MR) is 59.1 cm³/mol. The molecule has 1 aromatic rings. The molecule has 0 saturated carbocycles. The minimum atomic E-state index is -0.710. The number of aliphatic hydroxyl groups is 3. The topological polar surface area (TPSA) is 76.8 Å². The van der Waals surface area contributed by atoms with Crippen LogP contribution in [0, 0.1) is 0 Å². The van der Waals surface area contributed by atoms with Crippen molar-refractivity contribution in [3.63, 3.8) is 0 Å². The Morgan fingerprint density at radius 2 is 1.94 bits per heavy atom. The smallest absolute Gasteiger partial charge is 0.128 e. The van der Waals surface area contributed by atoms with Crippen molar-refractivity contribution in [1.29, 1.82) is 0 Å². The Balaban J connectivity index is 2.11. The molecule has 0 amide bonds. The van der Waals surface area contributed by atoms with Crippen LogP contribution in [0.15, 0.2) is 18.3 Å². The van der Waals surface area contributed by atoms with E-state index >= 15 is 0 Å². The number of hydrogen-bond donors (Lipinski definition) is 3. The molecule has 2 rings (SSSR count). The third kappa shape index (κ3) is 2.16. The highest BCUT2D eigenvalue weighted by Gasteiger charge is 2.30. The van der Waals surface area contributed by atoms with Crippen LogP contribution in [-0.2, 0) is 0 Å². The highest BCUT2D eigenvalue weighted by molar-refractivity contribution is 5.41. The van der Waals surface area contributed by atoms with E-state index in [-0.39, 0.29) is 0 Å². The van der Waals surface area contributed by atoms with Gasteiger partial charge < -0.3 is 20.2 Å². The summed E-state index contributed by atoms with van der Waals surface area (Å²) in [4.78, 5) is 6.02.